The zero-order valence-electron chi connectivity index (χ0n) is 15.7. The number of aryl methyl sites for hydroxylation is 3. The quantitative estimate of drug-likeness (QED) is 0.767. The molecule has 3 aromatic rings. The van der Waals surface area contributed by atoms with Gasteiger partial charge in [0.25, 0.3) is 0 Å². The number of rotatable bonds is 5. The molecule has 1 aromatic carbocycles. The monoisotopic (exact) mass is 352 g/mol. The number of para-hydroxylation sites is 1. The Kier molecular flexibility index (Phi) is 4.93. The van der Waals surface area contributed by atoms with Crippen molar-refractivity contribution < 1.29 is 4.79 Å². The van der Waals surface area contributed by atoms with Gasteiger partial charge in [0, 0.05) is 48.0 Å². The van der Waals surface area contributed by atoms with E-state index in [1.165, 1.54) is 5.39 Å². The van der Waals surface area contributed by atoms with Gasteiger partial charge in [0.1, 0.15) is 0 Å². The van der Waals surface area contributed by atoms with Crippen molar-refractivity contribution >= 4 is 16.8 Å². The number of fused-ring (bicyclic) bond motifs is 1. The normalized spacial score (nSPS) is 11.1. The second-order valence-corrected chi connectivity index (χ2v) is 6.75. The van der Waals surface area contributed by atoms with E-state index in [0.29, 0.717) is 18.8 Å². The highest BCUT2D eigenvalue weighted by Crippen LogP contribution is 2.22. The number of H-pyrrole nitrogens is 1. The standard InChI is InChI=1S/C20H24N4O2/c1-13-11-14(2)24(20(26)21-13)10-9-19(25)23(4)12-18-15(3)16-7-5-6-8-17(16)22-18/h5-8,11,22H,9-10,12H2,1-4H3. The number of aromatic nitrogens is 3. The van der Waals surface area contributed by atoms with Gasteiger partial charge < -0.3 is 9.88 Å². The lowest BCUT2D eigenvalue weighted by Gasteiger charge is -2.18. The number of benzene rings is 1. The fraction of sp³-hybridized carbons (Fsp3) is 0.350. The fourth-order valence-corrected chi connectivity index (χ4v) is 3.27. The van der Waals surface area contributed by atoms with Gasteiger partial charge in [-0.3, -0.25) is 9.36 Å². The van der Waals surface area contributed by atoms with Gasteiger partial charge in [0.05, 0.1) is 6.54 Å². The van der Waals surface area contributed by atoms with E-state index in [4.69, 9.17) is 0 Å². The molecule has 0 aliphatic rings. The van der Waals surface area contributed by atoms with Crippen LogP contribution in [0.5, 0.6) is 0 Å². The Morgan fingerprint density at radius 2 is 1.96 bits per heavy atom. The second-order valence-electron chi connectivity index (χ2n) is 6.75. The van der Waals surface area contributed by atoms with Crippen molar-refractivity contribution in [1.82, 2.24) is 19.4 Å². The summed E-state index contributed by atoms with van der Waals surface area (Å²) in [5.41, 5.74) is 4.49. The van der Waals surface area contributed by atoms with Crippen molar-refractivity contribution in [1.29, 1.82) is 0 Å². The topological polar surface area (TPSA) is 71.0 Å². The first-order chi connectivity index (χ1) is 12.4. The number of carbonyl (C=O) groups is 1. The summed E-state index contributed by atoms with van der Waals surface area (Å²) in [7, 11) is 1.79. The van der Waals surface area contributed by atoms with E-state index in [9.17, 15) is 9.59 Å². The Morgan fingerprint density at radius 1 is 1.23 bits per heavy atom. The number of hydrogen-bond donors (Lipinski definition) is 1. The van der Waals surface area contributed by atoms with Gasteiger partial charge in [0.15, 0.2) is 0 Å². The average molecular weight is 352 g/mol. The van der Waals surface area contributed by atoms with Gasteiger partial charge in [-0.1, -0.05) is 18.2 Å². The van der Waals surface area contributed by atoms with E-state index in [-0.39, 0.29) is 18.0 Å². The molecule has 6 nitrogen and oxygen atoms in total. The molecule has 136 valence electrons. The molecule has 0 saturated heterocycles. The molecule has 0 fully saturated rings. The molecule has 2 heterocycles. The summed E-state index contributed by atoms with van der Waals surface area (Å²) < 4.78 is 1.55. The van der Waals surface area contributed by atoms with E-state index in [0.717, 1.165) is 22.5 Å². The zero-order valence-corrected chi connectivity index (χ0v) is 15.7. The number of nitrogens with one attached hydrogen (secondary N) is 1. The molecular weight excluding hydrogens is 328 g/mol. The summed E-state index contributed by atoms with van der Waals surface area (Å²) in [6.07, 6.45) is 0.265. The smallest absolute Gasteiger partial charge is 0.347 e. The third kappa shape index (κ3) is 3.54. The molecule has 26 heavy (non-hydrogen) atoms. The van der Waals surface area contributed by atoms with Crippen LogP contribution in [0.3, 0.4) is 0 Å². The molecular formula is C20H24N4O2. The predicted molar refractivity (Wildman–Crippen MR) is 102 cm³/mol. The Hall–Kier alpha value is -2.89. The Labute approximate surface area is 152 Å². The lowest BCUT2D eigenvalue weighted by molar-refractivity contribution is -0.130. The maximum atomic E-state index is 12.5. The van der Waals surface area contributed by atoms with Crippen molar-refractivity contribution in [3.63, 3.8) is 0 Å². The van der Waals surface area contributed by atoms with Crippen LogP contribution in [0, 0.1) is 20.8 Å². The molecule has 0 aliphatic carbocycles. The molecule has 0 aliphatic heterocycles. The van der Waals surface area contributed by atoms with E-state index >= 15 is 0 Å². The largest absolute Gasteiger partial charge is 0.357 e. The maximum Gasteiger partial charge on any atom is 0.347 e. The van der Waals surface area contributed by atoms with Gasteiger partial charge in [0.2, 0.25) is 5.91 Å². The molecule has 0 unspecified atom stereocenters. The highest BCUT2D eigenvalue weighted by molar-refractivity contribution is 5.84. The molecule has 0 radical (unpaired) electrons. The predicted octanol–water partition coefficient (Wildman–Crippen LogP) is 2.70. The lowest BCUT2D eigenvalue weighted by atomic mass is 10.1. The van der Waals surface area contributed by atoms with E-state index < -0.39 is 0 Å². The zero-order chi connectivity index (χ0) is 18.8. The highest BCUT2D eigenvalue weighted by atomic mass is 16.2. The molecule has 1 amide bonds. The lowest BCUT2D eigenvalue weighted by Crippen LogP contribution is -2.31. The fourth-order valence-electron chi connectivity index (χ4n) is 3.27. The maximum absolute atomic E-state index is 12.5. The highest BCUT2D eigenvalue weighted by Gasteiger charge is 2.14. The Bertz CT molecular complexity index is 1020. The summed E-state index contributed by atoms with van der Waals surface area (Å²) in [6, 6.07) is 9.97. The molecule has 1 N–H and O–H groups in total. The van der Waals surface area contributed by atoms with E-state index in [2.05, 4.69) is 23.0 Å². The molecule has 3 rings (SSSR count). The molecule has 0 spiro atoms. The average Bonchev–Trinajstić information content (AvgIpc) is 2.90. The SMILES string of the molecule is Cc1cc(C)n(CCC(=O)N(C)Cc2[nH]c3ccccc3c2C)c(=O)n1. The summed E-state index contributed by atoms with van der Waals surface area (Å²) in [5.74, 6) is -0.00469. The van der Waals surface area contributed by atoms with Crippen LogP contribution in [0.2, 0.25) is 0 Å². The van der Waals surface area contributed by atoms with Crippen LogP contribution >= 0.6 is 0 Å². The van der Waals surface area contributed by atoms with Crippen molar-refractivity contribution in [2.45, 2.75) is 40.3 Å². The van der Waals surface area contributed by atoms with Crippen LogP contribution < -0.4 is 5.69 Å². The molecule has 6 heteroatoms. The number of carbonyl (C=O) groups excluding carboxylic acids is 1. The Morgan fingerprint density at radius 3 is 2.65 bits per heavy atom. The van der Waals surface area contributed by atoms with Crippen LogP contribution in [-0.4, -0.2) is 32.4 Å². The van der Waals surface area contributed by atoms with E-state index in [1.807, 2.05) is 31.2 Å². The first-order valence-corrected chi connectivity index (χ1v) is 8.72. The summed E-state index contributed by atoms with van der Waals surface area (Å²) >= 11 is 0. The second kappa shape index (κ2) is 7.15. The molecule has 0 bridgehead atoms. The van der Waals surface area contributed by atoms with Crippen LogP contribution in [0.4, 0.5) is 0 Å². The third-order valence-corrected chi connectivity index (χ3v) is 4.79. The number of hydrogen-bond acceptors (Lipinski definition) is 3. The summed E-state index contributed by atoms with van der Waals surface area (Å²) in [4.78, 5) is 33.5. The van der Waals surface area contributed by atoms with Crippen LogP contribution in [0.25, 0.3) is 10.9 Å². The molecule has 2 aromatic heterocycles. The third-order valence-electron chi connectivity index (χ3n) is 4.79. The van der Waals surface area contributed by atoms with Crippen molar-refractivity contribution in [3.05, 3.63) is 63.5 Å². The van der Waals surface area contributed by atoms with Crippen molar-refractivity contribution in [2.75, 3.05) is 7.05 Å². The summed E-state index contributed by atoms with van der Waals surface area (Å²) in [6.45, 7) is 6.57. The van der Waals surface area contributed by atoms with Crippen LogP contribution in [0.15, 0.2) is 35.1 Å². The van der Waals surface area contributed by atoms with E-state index in [1.54, 1.807) is 23.4 Å². The molecule has 0 saturated carbocycles. The summed E-state index contributed by atoms with van der Waals surface area (Å²) in [5, 5.41) is 1.18. The minimum absolute atomic E-state index is 0.00469. The van der Waals surface area contributed by atoms with Crippen molar-refractivity contribution in [2.24, 2.45) is 0 Å². The first-order valence-electron chi connectivity index (χ1n) is 8.72. The number of aromatic amines is 1. The van der Waals surface area contributed by atoms with Crippen LogP contribution in [-0.2, 0) is 17.9 Å². The number of amides is 1. The Balaban J connectivity index is 1.68. The van der Waals surface area contributed by atoms with Crippen molar-refractivity contribution in [3.8, 4) is 0 Å². The number of nitrogens with zero attached hydrogens (tertiary/aromatic N) is 3. The first kappa shape index (κ1) is 17.9. The van der Waals surface area contributed by atoms with Gasteiger partial charge in [-0.15, -0.1) is 0 Å². The minimum atomic E-state index is -0.301. The van der Waals surface area contributed by atoms with Gasteiger partial charge >= 0.3 is 5.69 Å². The minimum Gasteiger partial charge on any atom is -0.357 e. The van der Waals surface area contributed by atoms with Gasteiger partial charge in [-0.05, 0) is 38.5 Å². The van der Waals surface area contributed by atoms with Gasteiger partial charge in [-0.25, -0.2) is 4.79 Å². The molecule has 0 atom stereocenters. The van der Waals surface area contributed by atoms with Crippen LogP contribution in [0.1, 0.15) is 29.1 Å². The van der Waals surface area contributed by atoms with Gasteiger partial charge in [-0.2, -0.15) is 4.98 Å².